The predicted molar refractivity (Wildman–Crippen MR) is 158 cm³/mol. The Morgan fingerprint density at radius 3 is 2.63 bits per heavy atom. The summed E-state index contributed by atoms with van der Waals surface area (Å²) in [6.07, 6.45) is 9.99. The van der Waals surface area contributed by atoms with E-state index in [-0.39, 0.29) is 0 Å². The number of methoxy groups -OCH3 is 1. The standard InChI is InChI=1S/C31H32ClN5O4/c1-4-22(7-6-21(2)40-19-5-17-37-33-15-16-34-37)30-29-26(27-20-23(32)8-13-28(27)35-29)14-18-36(30)31(38)41-25-11-9-24(39-3)10-12-25/h4,6-13,15-16,20,30,35H,2,5,14,17-19H2,1,3H3. The minimum absolute atomic E-state index is 0.421. The second-order valence-corrected chi connectivity index (χ2v) is 9.95. The molecule has 5 rings (SSSR count). The van der Waals surface area contributed by atoms with Crippen LogP contribution in [0.25, 0.3) is 10.9 Å². The third-order valence-electron chi connectivity index (χ3n) is 6.96. The van der Waals surface area contributed by atoms with E-state index in [1.165, 1.54) is 0 Å². The average molecular weight is 574 g/mol. The fraction of sp³-hybridized carbons (Fsp3) is 0.258. The Bertz CT molecular complexity index is 1570. The van der Waals surface area contributed by atoms with Crippen molar-refractivity contribution in [2.45, 2.75) is 32.4 Å². The quantitative estimate of drug-likeness (QED) is 0.130. The molecule has 1 N–H and O–H groups in total. The average Bonchev–Trinajstić information content (AvgIpc) is 3.64. The van der Waals surface area contributed by atoms with Crippen LogP contribution in [0.2, 0.25) is 5.02 Å². The van der Waals surface area contributed by atoms with E-state index >= 15 is 0 Å². The van der Waals surface area contributed by atoms with Crippen LogP contribution in [0.15, 0.2) is 91.0 Å². The number of aromatic nitrogens is 4. The number of carbonyl (C=O) groups is 1. The molecule has 2 aromatic heterocycles. The molecule has 212 valence electrons. The highest BCUT2D eigenvalue weighted by molar-refractivity contribution is 6.31. The molecule has 0 saturated heterocycles. The molecule has 0 radical (unpaired) electrons. The molecule has 0 spiro atoms. The molecule has 41 heavy (non-hydrogen) atoms. The van der Waals surface area contributed by atoms with Gasteiger partial charge in [0.1, 0.15) is 23.3 Å². The normalized spacial score (nSPS) is 15.2. The first-order valence-electron chi connectivity index (χ1n) is 13.4. The third kappa shape index (κ3) is 6.47. The number of benzene rings is 2. The van der Waals surface area contributed by atoms with Gasteiger partial charge in [-0.1, -0.05) is 30.3 Å². The Kier molecular flexibility index (Phi) is 8.74. The summed E-state index contributed by atoms with van der Waals surface area (Å²) in [5, 5.41) is 9.92. The molecule has 9 nitrogen and oxygen atoms in total. The topological polar surface area (TPSA) is 94.5 Å². The van der Waals surface area contributed by atoms with E-state index < -0.39 is 12.1 Å². The Morgan fingerprint density at radius 1 is 1.15 bits per heavy atom. The number of carbonyl (C=O) groups excluding carboxylic acids is 1. The number of halogens is 1. The summed E-state index contributed by atoms with van der Waals surface area (Å²) in [5.74, 6) is 1.64. The van der Waals surface area contributed by atoms with Gasteiger partial charge in [-0.05, 0) is 73.0 Å². The van der Waals surface area contributed by atoms with Crippen LogP contribution in [-0.2, 0) is 17.7 Å². The Morgan fingerprint density at radius 2 is 1.90 bits per heavy atom. The molecular weight excluding hydrogens is 542 g/mol. The van der Waals surface area contributed by atoms with Gasteiger partial charge in [0, 0.05) is 34.6 Å². The lowest BCUT2D eigenvalue weighted by molar-refractivity contribution is 0.135. The largest absolute Gasteiger partial charge is 0.497 e. The van der Waals surface area contributed by atoms with Crippen LogP contribution in [0.4, 0.5) is 4.79 Å². The zero-order chi connectivity index (χ0) is 28.8. The van der Waals surface area contributed by atoms with E-state index in [0.717, 1.165) is 34.2 Å². The van der Waals surface area contributed by atoms with Crippen molar-refractivity contribution >= 4 is 28.6 Å². The predicted octanol–water partition coefficient (Wildman–Crippen LogP) is 6.64. The lowest BCUT2D eigenvalue weighted by Gasteiger charge is -2.35. The monoisotopic (exact) mass is 573 g/mol. The summed E-state index contributed by atoms with van der Waals surface area (Å²) in [5.41, 5.74) is 3.92. The zero-order valence-electron chi connectivity index (χ0n) is 23.0. The van der Waals surface area contributed by atoms with Gasteiger partial charge in [0.05, 0.1) is 32.7 Å². The van der Waals surface area contributed by atoms with Gasteiger partial charge in [-0.2, -0.15) is 15.0 Å². The number of ether oxygens (including phenoxy) is 3. The van der Waals surface area contributed by atoms with Crippen molar-refractivity contribution in [1.29, 1.82) is 0 Å². The molecule has 0 bridgehead atoms. The van der Waals surface area contributed by atoms with Crippen molar-refractivity contribution in [2.24, 2.45) is 0 Å². The van der Waals surface area contributed by atoms with E-state index in [2.05, 4.69) is 21.8 Å². The van der Waals surface area contributed by atoms with Gasteiger partial charge >= 0.3 is 6.09 Å². The SMILES string of the molecule is C=C(C=CC(=CC)C1c2[nH]c3ccc(Cl)cc3c2CCN1C(=O)Oc1ccc(OC)cc1)OCCCn1nccn1. The zero-order valence-corrected chi connectivity index (χ0v) is 23.8. The molecule has 0 saturated carbocycles. The number of hydrogen-bond donors (Lipinski definition) is 1. The van der Waals surface area contributed by atoms with Gasteiger partial charge in [0.25, 0.3) is 0 Å². The van der Waals surface area contributed by atoms with Crippen LogP contribution in [0.1, 0.15) is 30.6 Å². The van der Waals surface area contributed by atoms with Crippen molar-refractivity contribution in [3.8, 4) is 11.5 Å². The highest BCUT2D eigenvalue weighted by Crippen LogP contribution is 2.40. The van der Waals surface area contributed by atoms with Crippen molar-refractivity contribution in [3.05, 3.63) is 107 Å². The molecule has 1 aliphatic rings. The van der Waals surface area contributed by atoms with E-state index in [1.807, 2.05) is 43.4 Å². The number of rotatable bonds is 10. The minimum atomic E-state index is -0.447. The molecule has 1 aliphatic heterocycles. The second kappa shape index (κ2) is 12.8. The number of allylic oxidation sites excluding steroid dienone is 2. The molecule has 10 heteroatoms. The van der Waals surface area contributed by atoms with Crippen LogP contribution in [-0.4, -0.2) is 51.2 Å². The summed E-state index contributed by atoms with van der Waals surface area (Å²) in [6, 6.07) is 12.3. The number of H-pyrrole nitrogens is 1. The molecule has 4 aromatic rings. The molecule has 3 heterocycles. The number of fused-ring (bicyclic) bond motifs is 3. The Hall–Kier alpha value is -4.50. The Labute approximate surface area is 243 Å². The highest BCUT2D eigenvalue weighted by Gasteiger charge is 2.36. The van der Waals surface area contributed by atoms with Gasteiger partial charge in [-0.15, -0.1) is 0 Å². The molecule has 2 aromatic carbocycles. The van der Waals surface area contributed by atoms with Crippen molar-refractivity contribution in [3.63, 3.8) is 0 Å². The second-order valence-electron chi connectivity index (χ2n) is 9.51. The van der Waals surface area contributed by atoms with Crippen molar-refractivity contribution < 1.29 is 19.0 Å². The molecule has 1 atom stereocenters. The fourth-order valence-corrected chi connectivity index (χ4v) is 5.13. The van der Waals surface area contributed by atoms with Crippen LogP contribution in [0, 0.1) is 0 Å². The number of aromatic amines is 1. The maximum absolute atomic E-state index is 13.6. The molecule has 1 amide bonds. The number of aryl methyl sites for hydroxylation is 1. The van der Waals surface area contributed by atoms with E-state index in [0.29, 0.717) is 48.4 Å². The Balaban J connectivity index is 1.37. The molecular formula is C31H32ClN5O4. The van der Waals surface area contributed by atoms with Gasteiger partial charge in [-0.25, -0.2) is 4.79 Å². The lowest BCUT2D eigenvalue weighted by atomic mass is 9.92. The number of amides is 1. The summed E-state index contributed by atoms with van der Waals surface area (Å²) in [6.45, 7) is 7.59. The fourth-order valence-electron chi connectivity index (χ4n) is 4.96. The van der Waals surface area contributed by atoms with Crippen LogP contribution in [0.3, 0.4) is 0 Å². The lowest BCUT2D eigenvalue weighted by Crippen LogP contribution is -2.42. The van der Waals surface area contributed by atoms with Gasteiger partial charge < -0.3 is 19.2 Å². The van der Waals surface area contributed by atoms with E-state index in [9.17, 15) is 4.79 Å². The first kappa shape index (κ1) is 28.0. The third-order valence-corrected chi connectivity index (χ3v) is 7.19. The first-order chi connectivity index (χ1) is 20.0. The first-order valence-corrected chi connectivity index (χ1v) is 13.8. The summed E-state index contributed by atoms with van der Waals surface area (Å²) in [7, 11) is 1.59. The molecule has 1 unspecified atom stereocenters. The number of nitrogens with one attached hydrogen (secondary N) is 1. The van der Waals surface area contributed by atoms with Crippen LogP contribution in [0.5, 0.6) is 11.5 Å². The van der Waals surface area contributed by atoms with E-state index in [1.54, 1.807) is 53.5 Å². The highest BCUT2D eigenvalue weighted by atomic mass is 35.5. The molecule has 0 aliphatic carbocycles. The summed E-state index contributed by atoms with van der Waals surface area (Å²) < 4.78 is 16.8. The number of hydrogen-bond acceptors (Lipinski definition) is 6. The number of nitrogens with zero attached hydrogens (tertiary/aromatic N) is 4. The van der Waals surface area contributed by atoms with Gasteiger partial charge in [-0.3, -0.25) is 4.90 Å². The maximum Gasteiger partial charge on any atom is 0.416 e. The van der Waals surface area contributed by atoms with Crippen LogP contribution >= 0.6 is 11.6 Å². The van der Waals surface area contributed by atoms with Crippen LogP contribution < -0.4 is 9.47 Å². The minimum Gasteiger partial charge on any atom is -0.497 e. The maximum atomic E-state index is 13.6. The van der Waals surface area contributed by atoms with Gasteiger partial charge in [0.15, 0.2) is 0 Å². The summed E-state index contributed by atoms with van der Waals surface area (Å²) in [4.78, 5) is 20.5. The molecule has 0 fully saturated rings. The van der Waals surface area contributed by atoms with Gasteiger partial charge in [0.2, 0.25) is 0 Å². The van der Waals surface area contributed by atoms with Crippen molar-refractivity contribution in [1.82, 2.24) is 24.9 Å². The van der Waals surface area contributed by atoms with E-state index in [4.69, 9.17) is 25.8 Å². The van der Waals surface area contributed by atoms with Crippen molar-refractivity contribution in [2.75, 3.05) is 20.3 Å². The smallest absolute Gasteiger partial charge is 0.416 e. The summed E-state index contributed by atoms with van der Waals surface area (Å²) >= 11 is 6.34.